The fourth-order valence-electron chi connectivity index (χ4n) is 4.12. The standard InChI is InChI=1S/C25H48O4.Ca.2H/c1-3-5-7-9-11-13-14-16-18-20-22-25(23(26)27,24(28)29)21-19-17-15-12-10-8-6-4-2;;;/h3-22H2,1-2H3,(H,26,27)(H,28,29);;;/q;+2;2*-1. The monoisotopic (exact) mass is 454 g/mol. The molecule has 0 rings (SSSR count). The third-order valence-electron chi connectivity index (χ3n) is 6.23. The molecule has 0 aliphatic rings. The van der Waals surface area contributed by atoms with Crippen molar-refractivity contribution in [3.63, 3.8) is 0 Å². The van der Waals surface area contributed by atoms with E-state index in [1.54, 1.807) is 0 Å². The second-order valence-electron chi connectivity index (χ2n) is 8.85. The van der Waals surface area contributed by atoms with Crippen LogP contribution in [0.4, 0.5) is 0 Å². The molecular formula is C25H50CaO4. The Morgan fingerprint density at radius 2 is 0.767 bits per heavy atom. The van der Waals surface area contributed by atoms with Crippen LogP contribution in [0.1, 0.15) is 145 Å². The first-order valence-corrected chi connectivity index (χ1v) is 12.5. The van der Waals surface area contributed by atoms with Crippen LogP contribution in [0.5, 0.6) is 0 Å². The van der Waals surface area contributed by atoms with Crippen molar-refractivity contribution in [1.29, 1.82) is 0 Å². The molecular weight excluding hydrogens is 404 g/mol. The predicted octanol–water partition coefficient (Wildman–Crippen LogP) is 7.83. The van der Waals surface area contributed by atoms with E-state index in [1.807, 2.05) is 0 Å². The second kappa shape index (κ2) is 22.4. The van der Waals surface area contributed by atoms with E-state index in [-0.39, 0.29) is 53.4 Å². The third-order valence-corrected chi connectivity index (χ3v) is 6.23. The number of carbonyl (C=O) groups is 2. The Hall–Kier alpha value is 0.200. The fourth-order valence-corrected chi connectivity index (χ4v) is 4.12. The van der Waals surface area contributed by atoms with Crippen LogP contribution >= 0.6 is 0 Å². The number of hydrogen-bond acceptors (Lipinski definition) is 2. The molecule has 0 saturated heterocycles. The van der Waals surface area contributed by atoms with Crippen LogP contribution in [0.15, 0.2) is 0 Å². The SMILES string of the molecule is CCCCCCCCCCCCC(CCCCCCCCCC)(C(=O)O)C(=O)O.[Ca+2].[H-].[H-]. The van der Waals surface area contributed by atoms with Crippen molar-refractivity contribution in [2.45, 2.75) is 142 Å². The van der Waals surface area contributed by atoms with Gasteiger partial charge < -0.3 is 13.1 Å². The first-order chi connectivity index (χ1) is 14.0. The quantitative estimate of drug-likeness (QED) is 0.0992. The van der Waals surface area contributed by atoms with E-state index in [4.69, 9.17) is 0 Å². The van der Waals surface area contributed by atoms with Gasteiger partial charge in [-0.15, -0.1) is 0 Å². The van der Waals surface area contributed by atoms with Gasteiger partial charge in [-0.3, -0.25) is 9.59 Å². The van der Waals surface area contributed by atoms with Crippen LogP contribution in [0.2, 0.25) is 0 Å². The maximum Gasteiger partial charge on any atom is 2.00 e. The van der Waals surface area contributed by atoms with Gasteiger partial charge in [0.1, 0.15) is 0 Å². The molecule has 0 aliphatic carbocycles. The molecule has 0 unspecified atom stereocenters. The van der Waals surface area contributed by atoms with Crippen molar-refractivity contribution in [3.05, 3.63) is 0 Å². The van der Waals surface area contributed by atoms with Crippen molar-refractivity contribution in [3.8, 4) is 0 Å². The van der Waals surface area contributed by atoms with Gasteiger partial charge in [0, 0.05) is 0 Å². The summed E-state index contributed by atoms with van der Waals surface area (Å²) in [6.45, 7) is 4.43. The smallest absolute Gasteiger partial charge is 1.00 e. The van der Waals surface area contributed by atoms with Crippen LogP contribution < -0.4 is 0 Å². The van der Waals surface area contributed by atoms with Gasteiger partial charge in [-0.05, 0) is 12.8 Å². The molecule has 0 bridgehead atoms. The molecule has 5 heteroatoms. The van der Waals surface area contributed by atoms with Crippen LogP contribution in [0, 0.1) is 5.41 Å². The Balaban J connectivity index is -0.00000131. The molecule has 0 aromatic carbocycles. The largest absolute Gasteiger partial charge is 2.00 e. The summed E-state index contributed by atoms with van der Waals surface area (Å²) in [5.41, 5.74) is -1.58. The first kappa shape index (κ1) is 32.4. The molecule has 0 aromatic heterocycles. The molecule has 0 aliphatic heterocycles. The maximum atomic E-state index is 11.8. The molecule has 30 heavy (non-hydrogen) atoms. The zero-order valence-corrected chi connectivity index (χ0v) is 22.3. The fraction of sp³-hybridized carbons (Fsp3) is 0.920. The zero-order valence-electron chi connectivity index (χ0n) is 22.1. The Kier molecular flexibility index (Phi) is 24.2. The molecule has 0 saturated carbocycles. The van der Waals surface area contributed by atoms with E-state index in [1.165, 1.54) is 77.0 Å². The van der Waals surface area contributed by atoms with Gasteiger partial charge in [0.15, 0.2) is 5.41 Å². The third kappa shape index (κ3) is 15.9. The molecule has 0 aromatic rings. The van der Waals surface area contributed by atoms with Gasteiger partial charge in [-0.25, -0.2) is 0 Å². The van der Waals surface area contributed by atoms with E-state index >= 15 is 0 Å². The molecule has 0 amide bonds. The molecule has 0 radical (unpaired) electrons. The Morgan fingerprint density at radius 3 is 1.00 bits per heavy atom. The van der Waals surface area contributed by atoms with Gasteiger partial charge in [-0.2, -0.15) is 0 Å². The summed E-state index contributed by atoms with van der Waals surface area (Å²) in [5, 5.41) is 19.3. The van der Waals surface area contributed by atoms with Crippen molar-refractivity contribution in [1.82, 2.24) is 0 Å². The Labute approximate surface area is 218 Å². The summed E-state index contributed by atoms with van der Waals surface area (Å²) in [6, 6.07) is 0. The minimum Gasteiger partial charge on any atom is -1.00 e. The van der Waals surface area contributed by atoms with Crippen molar-refractivity contribution in [2.24, 2.45) is 5.41 Å². The van der Waals surface area contributed by atoms with Crippen LogP contribution in [0.3, 0.4) is 0 Å². The van der Waals surface area contributed by atoms with Crippen LogP contribution in [-0.2, 0) is 9.59 Å². The van der Waals surface area contributed by atoms with Crippen LogP contribution in [0.25, 0.3) is 0 Å². The number of aliphatic carboxylic acids is 2. The topological polar surface area (TPSA) is 74.6 Å². The molecule has 0 fully saturated rings. The Bertz CT molecular complexity index is 409. The van der Waals surface area contributed by atoms with E-state index in [0.29, 0.717) is 12.8 Å². The molecule has 4 nitrogen and oxygen atoms in total. The number of rotatable bonds is 22. The van der Waals surface area contributed by atoms with Gasteiger partial charge in [0.05, 0.1) is 0 Å². The zero-order chi connectivity index (χ0) is 21.8. The number of carboxylic acid groups (broad SMARTS) is 2. The summed E-state index contributed by atoms with van der Waals surface area (Å²) >= 11 is 0. The summed E-state index contributed by atoms with van der Waals surface area (Å²) in [4.78, 5) is 23.6. The molecule has 0 atom stereocenters. The molecule has 0 heterocycles. The Morgan fingerprint density at radius 1 is 0.533 bits per heavy atom. The number of carboxylic acids is 2. The average molecular weight is 455 g/mol. The minimum absolute atomic E-state index is 0. The predicted molar refractivity (Wildman–Crippen MR) is 129 cm³/mol. The summed E-state index contributed by atoms with van der Waals surface area (Å²) < 4.78 is 0. The van der Waals surface area contributed by atoms with Crippen LogP contribution in [-0.4, -0.2) is 59.9 Å². The molecule has 176 valence electrons. The van der Waals surface area contributed by atoms with E-state index < -0.39 is 17.4 Å². The summed E-state index contributed by atoms with van der Waals surface area (Å²) in [7, 11) is 0. The summed E-state index contributed by atoms with van der Waals surface area (Å²) in [5.74, 6) is -2.30. The van der Waals surface area contributed by atoms with Gasteiger partial charge in [-0.1, -0.05) is 129 Å². The second-order valence-corrected chi connectivity index (χ2v) is 8.85. The van der Waals surface area contributed by atoms with E-state index in [0.717, 1.165) is 25.7 Å². The van der Waals surface area contributed by atoms with Crippen molar-refractivity contribution < 1.29 is 22.7 Å². The van der Waals surface area contributed by atoms with Gasteiger partial charge in [0.25, 0.3) is 0 Å². The normalized spacial score (nSPS) is 11.3. The minimum atomic E-state index is -1.58. The van der Waals surface area contributed by atoms with E-state index in [2.05, 4.69) is 13.8 Å². The maximum absolute atomic E-state index is 11.8. The van der Waals surface area contributed by atoms with Crippen molar-refractivity contribution >= 4 is 49.7 Å². The van der Waals surface area contributed by atoms with Crippen molar-refractivity contribution in [2.75, 3.05) is 0 Å². The molecule has 0 spiro atoms. The van der Waals surface area contributed by atoms with Gasteiger partial charge in [0.2, 0.25) is 0 Å². The van der Waals surface area contributed by atoms with E-state index in [9.17, 15) is 19.8 Å². The average Bonchev–Trinajstić information content (AvgIpc) is 2.69. The number of unbranched alkanes of at least 4 members (excludes halogenated alkanes) is 16. The summed E-state index contributed by atoms with van der Waals surface area (Å²) in [6.07, 6.45) is 21.1. The molecule has 2 N–H and O–H groups in total. The first-order valence-electron chi connectivity index (χ1n) is 12.5. The number of hydrogen-bond donors (Lipinski definition) is 2. The van der Waals surface area contributed by atoms with Gasteiger partial charge >= 0.3 is 49.7 Å².